The van der Waals surface area contributed by atoms with E-state index in [4.69, 9.17) is 32.7 Å². The van der Waals surface area contributed by atoms with Crippen LogP contribution in [0.4, 0.5) is 5.69 Å². The molecule has 2 heterocycles. The number of ketones is 2. The second kappa shape index (κ2) is 8.00. The largest absolute Gasteiger partial charge is 0.495 e. The zero-order chi connectivity index (χ0) is 25.4. The first kappa shape index (κ1) is 22.9. The molecule has 2 aliphatic heterocycles. The van der Waals surface area contributed by atoms with Gasteiger partial charge >= 0.3 is 0 Å². The van der Waals surface area contributed by atoms with Gasteiger partial charge in [-0.05, 0) is 35.9 Å². The molecule has 0 bridgehead atoms. The van der Waals surface area contributed by atoms with Crippen molar-refractivity contribution in [3.63, 3.8) is 0 Å². The Morgan fingerprint density at radius 1 is 0.833 bits per heavy atom. The van der Waals surface area contributed by atoms with Crippen molar-refractivity contribution in [3.05, 3.63) is 93.5 Å². The van der Waals surface area contributed by atoms with Gasteiger partial charge in [0.15, 0.2) is 0 Å². The van der Waals surface area contributed by atoms with E-state index in [1.165, 1.54) is 31.4 Å². The van der Waals surface area contributed by atoms with E-state index in [0.717, 1.165) is 4.90 Å². The molecule has 0 aromatic heterocycles. The number of benzene rings is 3. The summed E-state index contributed by atoms with van der Waals surface area (Å²) in [6.45, 7) is 0. The van der Waals surface area contributed by atoms with Crippen LogP contribution in [0.25, 0.3) is 0 Å². The lowest BCUT2D eigenvalue weighted by Crippen LogP contribution is -2.51. The lowest BCUT2D eigenvalue weighted by molar-refractivity contribution is -0.127. The highest BCUT2D eigenvalue weighted by atomic mass is 35.5. The predicted molar refractivity (Wildman–Crippen MR) is 131 cm³/mol. The summed E-state index contributed by atoms with van der Waals surface area (Å²) in [6, 6.07) is 17.4. The summed E-state index contributed by atoms with van der Waals surface area (Å²) >= 11 is 12.2. The van der Waals surface area contributed by atoms with Crippen LogP contribution in [0.15, 0.2) is 66.7 Å². The van der Waals surface area contributed by atoms with Crippen LogP contribution >= 0.6 is 23.2 Å². The minimum atomic E-state index is -2.16. The van der Waals surface area contributed by atoms with E-state index in [0.29, 0.717) is 10.6 Å². The molecular weight excluding hydrogens is 505 g/mol. The number of nitrogens with zero attached hydrogens (tertiary/aromatic N) is 1. The average molecular weight is 522 g/mol. The van der Waals surface area contributed by atoms with Gasteiger partial charge in [0.1, 0.15) is 5.75 Å². The average Bonchev–Trinajstić information content (AvgIpc) is 3.44. The number of halogens is 2. The molecule has 0 N–H and O–H groups in total. The van der Waals surface area contributed by atoms with E-state index in [-0.39, 0.29) is 27.6 Å². The first-order valence-corrected chi connectivity index (χ1v) is 11.9. The zero-order valence-electron chi connectivity index (χ0n) is 18.7. The molecule has 3 aromatic rings. The number of amides is 2. The van der Waals surface area contributed by atoms with Gasteiger partial charge in [0.05, 0.1) is 30.7 Å². The minimum absolute atomic E-state index is 0.134. The summed E-state index contributed by atoms with van der Waals surface area (Å²) in [5, 5.41) is 0.742. The number of imide groups is 1. The molecule has 3 aliphatic rings. The number of ether oxygens (including phenoxy) is 2. The molecule has 2 amide bonds. The molecule has 3 atom stereocenters. The summed E-state index contributed by atoms with van der Waals surface area (Å²) in [7, 11) is 1.40. The van der Waals surface area contributed by atoms with E-state index in [9.17, 15) is 19.2 Å². The molecule has 3 aromatic carbocycles. The van der Waals surface area contributed by atoms with Crippen LogP contribution in [0.3, 0.4) is 0 Å². The monoisotopic (exact) mass is 521 g/mol. The van der Waals surface area contributed by atoms with Gasteiger partial charge in [0.25, 0.3) is 0 Å². The Kier molecular flexibility index (Phi) is 5.09. The van der Waals surface area contributed by atoms with Crippen molar-refractivity contribution >= 4 is 52.3 Å². The van der Waals surface area contributed by atoms with Crippen LogP contribution in [0.5, 0.6) is 5.75 Å². The summed E-state index contributed by atoms with van der Waals surface area (Å²) in [5.74, 6) is -4.86. The van der Waals surface area contributed by atoms with Gasteiger partial charge in [0, 0.05) is 21.2 Å². The lowest BCUT2D eigenvalue weighted by Gasteiger charge is -2.27. The molecule has 7 nitrogen and oxygen atoms in total. The van der Waals surface area contributed by atoms with Crippen molar-refractivity contribution in [2.75, 3.05) is 12.0 Å². The Labute approximate surface area is 215 Å². The number of hydrogen-bond donors (Lipinski definition) is 0. The van der Waals surface area contributed by atoms with Gasteiger partial charge in [-0.3, -0.25) is 19.2 Å². The molecule has 6 rings (SSSR count). The number of fused-ring (bicyclic) bond motifs is 3. The quantitative estimate of drug-likeness (QED) is 0.366. The number of carbonyl (C=O) groups excluding carboxylic acids is 4. The van der Waals surface area contributed by atoms with Crippen molar-refractivity contribution in [2.45, 2.75) is 11.7 Å². The van der Waals surface area contributed by atoms with Gasteiger partial charge in [-0.25, -0.2) is 4.90 Å². The normalized spacial score (nSPS) is 24.0. The first-order chi connectivity index (χ1) is 17.3. The molecule has 180 valence electrons. The van der Waals surface area contributed by atoms with Gasteiger partial charge in [-0.2, -0.15) is 0 Å². The number of Topliss-reactive ketones (excluding diaryl/α,β-unsaturated/α-hetero) is 2. The van der Waals surface area contributed by atoms with Crippen LogP contribution in [-0.2, 0) is 14.3 Å². The second-order valence-electron chi connectivity index (χ2n) is 8.86. The summed E-state index contributed by atoms with van der Waals surface area (Å²) in [5.41, 5.74) is -1.18. The maximum atomic E-state index is 14.0. The summed E-state index contributed by atoms with van der Waals surface area (Å²) in [6.07, 6.45) is -1.04. The lowest BCUT2D eigenvalue weighted by atomic mass is 9.77. The van der Waals surface area contributed by atoms with Crippen molar-refractivity contribution in [1.29, 1.82) is 0 Å². The summed E-state index contributed by atoms with van der Waals surface area (Å²) in [4.78, 5) is 56.5. The number of carbonyl (C=O) groups is 4. The fourth-order valence-electron chi connectivity index (χ4n) is 5.55. The van der Waals surface area contributed by atoms with Gasteiger partial charge in [0.2, 0.25) is 29.0 Å². The minimum Gasteiger partial charge on any atom is -0.495 e. The van der Waals surface area contributed by atoms with Crippen molar-refractivity contribution in [3.8, 4) is 5.75 Å². The van der Waals surface area contributed by atoms with E-state index < -0.39 is 46.9 Å². The van der Waals surface area contributed by atoms with Crippen LogP contribution < -0.4 is 9.64 Å². The topological polar surface area (TPSA) is 90.0 Å². The molecular formula is C27H17Cl2NO6. The number of hydrogen-bond acceptors (Lipinski definition) is 6. The van der Waals surface area contributed by atoms with Crippen LogP contribution in [0.2, 0.25) is 10.0 Å². The van der Waals surface area contributed by atoms with Gasteiger partial charge < -0.3 is 9.47 Å². The molecule has 1 spiro atoms. The SMILES string of the molecule is COc1ccc(Cl)cc1N1C(=O)[C@@H]2[C@@H](c3ccc(Cl)cc3)OC3(C(=O)c4ccccc4C3=O)[C@@H]2C1=O. The maximum absolute atomic E-state index is 14.0. The Morgan fingerprint density at radius 3 is 2.06 bits per heavy atom. The third-order valence-corrected chi connectivity index (χ3v) is 7.59. The number of rotatable bonds is 3. The van der Waals surface area contributed by atoms with Gasteiger partial charge in [-0.15, -0.1) is 0 Å². The third-order valence-electron chi connectivity index (χ3n) is 7.10. The predicted octanol–water partition coefficient (Wildman–Crippen LogP) is 4.70. The molecule has 2 fully saturated rings. The van der Waals surface area contributed by atoms with Crippen molar-refractivity contribution in [1.82, 2.24) is 0 Å². The molecule has 2 saturated heterocycles. The van der Waals surface area contributed by atoms with Crippen molar-refractivity contribution < 1.29 is 28.7 Å². The molecule has 0 saturated carbocycles. The fraction of sp³-hybridized carbons (Fsp3) is 0.185. The Bertz CT molecular complexity index is 1450. The Morgan fingerprint density at radius 2 is 1.44 bits per heavy atom. The van der Waals surface area contributed by atoms with E-state index in [1.807, 2.05) is 0 Å². The molecule has 1 aliphatic carbocycles. The smallest absolute Gasteiger partial charge is 0.241 e. The highest BCUT2D eigenvalue weighted by Gasteiger charge is 2.74. The second-order valence-corrected chi connectivity index (χ2v) is 9.73. The molecule has 9 heteroatoms. The van der Waals surface area contributed by atoms with Crippen LogP contribution in [-0.4, -0.2) is 36.1 Å². The van der Waals surface area contributed by atoms with E-state index in [1.54, 1.807) is 42.5 Å². The van der Waals surface area contributed by atoms with Crippen LogP contribution in [0, 0.1) is 11.8 Å². The Balaban J connectivity index is 1.56. The first-order valence-electron chi connectivity index (χ1n) is 11.1. The van der Waals surface area contributed by atoms with Gasteiger partial charge in [-0.1, -0.05) is 59.6 Å². The number of methoxy groups -OCH3 is 1. The van der Waals surface area contributed by atoms with E-state index >= 15 is 0 Å². The fourth-order valence-corrected chi connectivity index (χ4v) is 5.84. The summed E-state index contributed by atoms with van der Waals surface area (Å²) < 4.78 is 11.6. The highest BCUT2D eigenvalue weighted by molar-refractivity contribution is 6.37. The van der Waals surface area contributed by atoms with Crippen LogP contribution in [0.1, 0.15) is 32.4 Å². The number of anilines is 1. The third kappa shape index (κ3) is 2.91. The Hall–Kier alpha value is -3.52. The zero-order valence-corrected chi connectivity index (χ0v) is 20.2. The molecule has 0 radical (unpaired) electrons. The molecule has 36 heavy (non-hydrogen) atoms. The van der Waals surface area contributed by atoms with Crippen molar-refractivity contribution in [2.24, 2.45) is 11.8 Å². The highest BCUT2D eigenvalue weighted by Crippen LogP contribution is 2.58. The molecule has 0 unspecified atom stereocenters. The maximum Gasteiger partial charge on any atom is 0.241 e. The standard InChI is InChI=1S/C27H17Cl2NO6/c1-35-19-11-10-15(29)12-18(19)30-25(33)20-21(26(30)34)27(36-22(20)13-6-8-14(28)9-7-13)23(31)16-4-2-3-5-17(16)24(27)32/h2-12,20-22H,1H3/t20-,21-,22+/m0/s1. The van der Waals surface area contributed by atoms with E-state index in [2.05, 4.69) is 0 Å².